The molecule has 2 aliphatic heterocycles. The standard InChI is InChI=1S/C27H26N4O4/c1-17-7-9-20(10-8-17)30-26(32)22-14-24(25(31(34)35)15-23(22)27(30)33)28-11-12-29(19(3)16-28)21-6-4-5-18(2)13-21/h4-10,13-15,19H,11-12,16H2,1-3H3. The van der Waals surface area contributed by atoms with Crippen LogP contribution in [-0.4, -0.2) is 42.4 Å². The lowest BCUT2D eigenvalue weighted by Gasteiger charge is -2.42. The van der Waals surface area contributed by atoms with E-state index in [1.165, 1.54) is 17.7 Å². The Hall–Kier alpha value is -4.20. The van der Waals surface area contributed by atoms with Gasteiger partial charge in [-0.2, -0.15) is 0 Å². The normalized spacial score (nSPS) is 17.7. The van der Waals surface area contributed by atoms with Gasteiger partial charge < -0.3 is 9.80 Å². The highest BCUT2D eigenvalue weighted by molar-refractivity contribution is 6.35. The summed E-state index contributed by atoms with van der Waals surface area (Å²) in [7, 11) is 0. The Labute approximate surface area is 203 Å². The second kappa shape index (κ2) is 8.54. The average molecular weight is 471 g/mol. The molecule has 0 aromatic heterocycles. The second-order valence-electron chi connectivity index (χ2n) is 9.25. The van der Waals surface area contributed by atoms with Crippen LogP contribution < -0.4 is 14.7 Å². The summed E-state index contributed by atoms with van der Waals surface area (Å²) in [5, 5.41) is 12.0. The minimum absolute atomic E-state index is 0.0671. The molecule has 178 valence electrons. The molecule has 8 nitrogen and oxygen atoms in total. The molecule has 1 saturated heterocycles. The van der Waals surface area contributed by atoms with Gasteiger partial charge in [-0.15, -0.1) is 0 Å². The van der Waals surface area contributed by atoms with Crippen LogP contribution in [0.5, 0.6) is 0 Å². The molecule has 1 unspecified atom stereocenters. The Balaban J connectivity index is 1.48. The van der Waals surface area contributed by atoms with Crippen molar-refractivity contribution >= 4 is 34.6 Å². The van der Waals surface area contributed by atoms with Crippen molar-refractivity contribution in [3.05, 3.63) is 93.0 Å². The quantitative estimate of drug-likeness (QED) is 0.311. The largest absolute Gasteiger partial charge is 0.365 e. The van der Waals surface area contributed by atoms with E-state index < -0.39 is 16.7 Å². The van der Waals surface area contributed by atoms with Crippen LogP contribution >= 0.6 is 0 Å². The van der Waals surface area contributed by atoms with Gasteiger partial charge in [-0.25, -0.2) is 4.90 Å². The Morgan fingerprint density at radius 1 is 0.857 bits per heavy atom. The maximum atomic E-state index is 13.3. The predicted octanol–water partition coefficient (Wildman–Crippen LogP) is 4.73. The van der Waals surface area contributed by atoms with E-state index in [-0.39, 0.29) is 22.9 Å². The van der Waals surface area contributed by atoms with Gasteiger partial charge in [0.15, 0.2) is 0 Å². The van der Waals surface area contributed by atoms with Crippen molar-refractivity contribution in [1.82, 2.24) is 0 Å². The minimum atomic E-state index is -0.541. The van der Waals surface area contributed by atoms with Crippen LogP contribution in [0, 0.1) is 24.0 Å². The lowest BCUT2D eigenvalue weighted by molar-refractivity contribution is -0.384. The van der Waals surface area contributed by atoms with Crippen LogP contribution in [0.1, 0.15) is 38.8 Å². The smallest absolute Gasteiger partial charge is 0.293 e. The van der Waals surface area contributed by atoms with Crippen molar-refractivity contribution in [3.8, 4) is 0 Å². The summed E-state index contributed by atoms with van der Waals surface area (Å²) in [6, 6.07) is 18.2. The van der Waals surface area contributed by atoms with E-state index in [1.807, 2.05) is 30.0 Å². The number of hydrogen-bond donors (Lipinski definition) is 0. The summed E-state index contributed by atoms with van der Waals surface area (Å²) < 4.78 is 0. The Morgan fingerprint density at radius 3 is 2.17 bits per heavy atom. The van der Waals surface area contributed by atoms with Gasteiger partial charge in [0.25, 0.3) is 17.5 Å². The highest BCUT2D eigenvalue weighted by Crippen LogP contribution is 2.38. The third-order valence-electron chi connectivity index (χ3n) is 6.77. The molecule has 0 spiro atoms. The lowest BCUT2D eigenvalue weighted by atomic mass is 10.0. The van der Waals surface area contributed by atoms with E-state index in [4.69, 9.17) is 0 Å². The number of carbonyl (C=O) groups is 2. The van der Waals surface area contributed by atoms with E-state index >= 15 is 0 Å². The van der Waals surface area contributed by atoms with Crippen molar-refractivity contribution in [2.24, 2.45) is 0 Å². The summed E-state index contributed by atoms with van der Waals surface area (Å²) in [6.07, 6.45) is 0. The number of nitro groups is 1. The van der Waals surface area contributed by atoms with Crippen molar-refractivity contribution in [2.45, 2.75) is 26.8 Å². The van der Waals surface area contributed by atoms with Gasteiger partial charge in [0.05, 0.1) is 21.7 Å². The molecular weight excluding hydrogens is 444 g/mol. The van der Waals surface area contributed by atoms with E-state index in [0.29, 0.717) is 31.0 Å². The van der Waals surface area contributed by atoms with Gasteiger partial charge in [0.1, 0.15) is 5.69 Å². The third-order valence-corrected chi connectivity index (χ3v) is 6.77. The van der Waals surface area contributed by atoms with E-state index in [0.717, 1.165) is 16.2 Å². The van der Waals surface area contributed by atoms with Crippen molar-refractivity contribution in [2.75, 3.05) is 34.3 Å². The van der Waals surface area contributed by atoms with Gasteiger partial charge in [0, 0.05) is 37.4 Å². The minimum Gasteiger partial charge on any atom is -0.365 e. The van der Waals surface area contributed by atoms with Crippen LogP contribution in [0.25, 0.3) is 0 Å². The molecule has 2 aliphatic rings. The summed E-state index contributed by atoms with van der Waals surface area (Å²) in [5.41, 5.74) is 4.22. The maximum Gasteiger partial charge on any atom is 0.293 e. The first-order valence-electron chi connectivity index (χ1n) is 11.6. The molecular formula is C27H26N4O4. The van der Waals surface area contributed by atoms with Gasteiger partial charge in [-0.3, -0.25) is 19.7 Å². The number of rotatable bonds is 4. The molecule has 5 rings (SSSR count). The molecule has 0 saturated carbocycles. The first kappa shape index (κ1) is 22.6. The monoisotopic (exact) mass is 470 g/mol. The fourth-order valence-electron chi connectivity index (χ4n) is 4.96. The van der Waals surface area contributed by atoms with Crippen LogP contribution in [0.4, 0.5) is 22.7 Å². The fraction of sp³-hybridized carbons (Fsp3) is 0.259. The number of piperazine rings is 1. The zero-order valence-electron chi connectivity index (χ0n) is 19.9. The first-order valence-corrected chi connectivity index (χ1v) is 11.6. The zero-order chi connectivity index (χ0) is 24.9. The van der Waals surface area contributed by atoms with Crippen LogP contribution in [0.3, 0.4) is 0 Å². The number of benzene rings is 3. The van der Waals surface area contributed by atoms with E-state index in [2.05, 4.69) is 36.9 Å². The van der Waals surface area contributed by atoms with Crippen molar-refractivity contribution in [3.63, 3.8) is 0 Å². The van der Waals surface area contributed by atoms with Crippen LogP contribution in [-0.2, 0) is 0 Å². The second-order valence-corrected chi connectivity index (χ2v) is 9.25. The average Bonchev–Trinajstić information content (AvgIpc) is 3.08. The number of aryl methyl sites for hydroxylation is 2. The molecule has 3 aromatic rings. The van der Waals surface area contributed by atoms with Crippen molar-refractivity contribution < 1.29 is 14.5 Å². The lowest BCUT2D eigenvalue weighted by Crippen LogP contribution is -2.52. The SMILES string of the molecule is Cc1ccc(N2C(=O)c3cc(N4CCN(c5cccc(C)c5)C(C)C4)c([N+](=O)[O-])cc3C2=O)cc1. The number of imide groups is 1. The molecule has 0 bridgehead atoms. The summed E-state index contributed by atoms with van der Waals surface area (Å²) >= 11 is 0. The molecule has 8 heteroatoms. The summed E-state index contributed by atoms with van der Waals surface area (Å²) in [6.45, 7) is 7.85. The number of fused-ring (bicyclic) bond motifs is 1. The molecule has 1 fully saturated rings. The molecule has 0 radical (unpaired) electrons. The Morgan fingerprint density at radius 2 is 1.54 bits per heavy atom. The van der Waals surface area contributed by atoms with Gasteiger partial charge >= 0.3 is 0 Å². The van der Waals surface area contributed by atoms with Gasteiger partial charge in [-0.1, -0.05) is 29.8 Å². The predicted molar refractivity (Wildman–Crippen MR) is 136 cm³/mol. The fourth-order valence-corrected chi connectivity index (χ4v) is 4.96. The molecule has 1 atom stereocenters. The molecule has 3 aromatic carbocycles. The number of carbonyl (C=O) groups excluding carboxylic acids is 2. The summed E-state index contributed by atoms with van der Waals surface area (Å²) in [4.78, 5) is 43.2. The first-order chi connectivity index (χ1) is 16.7. The van der Waals surface area contributed by atoms with Crippen LogP contribution in [0.2, 0.25) is 0 Å². The Kier molecular flexibility index (Phi) is 5.51. The third kappa shape index (κ3) is 3.90. The topological polar surface area (TPSA) is 87.0 Å². The number of hydrogen-bond acceptors (Lipinski definition) is 6. The highest BCUT2D eigenvalue weighted by atomic mass is 16.6. The van der Waals surface area contributed by atoms with E-state index in [1.54, 1.807) is 12.1 Å². The van der Waals surface area contributed by atoms with E-state index in [9.17, 15) is 19.7 Å². The molecule has 0 N–H and O–H groups in total. The maximum absolute atomic E-state index is 13.3. The molecule has 2 heterocycles. The molecule has 2 amide bonds. The summed E-state index contributed by atoms with van der Waals surface area (Å²) in [5.74, 6) is -1.00. The number of nitro benzene ring substituents is 1. The zero-order valence-corrected chi connectivity index (χ0v) is 19.9. The van der Waals surface area contributed by atoms with Gasteiger partial charge in [0.2, 0.25) is 0 Å². The Bertz CT molecular complexity index is 1350. The van der Waals surface area contributed by atoms with Crippen molar-refractivity contribution in [1.29, 1.82) is 0 Å². The number of nitrogens with zero attached hydrogens (tertiary/aromatic N) is 4. The van der Waals surface area contributed by atoms with Gasteiger partial charge in [-0.05, 0) is 56.7 Å². The molecule has 35 heavy (non-hydrogen) atoms. The number of anilines is 3. The van der Waals surface area contributed by atoms with Crippen LogP contribution in [0.15, 0.2) is 60.7 Å². The number of amides is 2. The molecule has 0 aliphatic carbocycles. The highest BCUT2D eigenvalue weighted by Gasteiger charge is 2.40.